The van der Waals surface area contributed by atoms with Gasteiger partial charge in [-0.3, -0.25) is 9.89 Å². The number of aromatic nitrogens is 2. The van der Waals surface area contributed by atoms with Crippen LogP contribution in [0.3, 0.4) is 0 Å². The van der Waals surface area contributed by atoms with E-state index in [4.69, 9.17) is 0 Å². The van der Waals surface area contributed by atoms with E-state index >= 15 is 0 Å². The van der Waals surface area contributed by atoms with E-state index in [0.717, 1.165) is 17.4 Å². The van der Waals surface area contributed by atoms with E-state index in [1.165, 1.54) is 25.9 Å². The van der Waals surface area contributed by atoms with E-state index in [1.807, 2.05) is 24.3 Å². The summed E-state index contributed by atoms with van der Waals surface area (Å²) in [6, 6.07) is 8.02. The maximum atomic E-state index is 12.5. The topological polar surface area (TPSA) is 61.0 Å². The molecule has 0 aliphatic carbocycles. The number of benzene rings is 1. The van der Waals surface area contributed by atoms with Gasteiger partial charge in [0.25, 0.3) is 5.91 Å². The summed E-state index contributed by atoms with van der Waals surface area (Å²) in [6.07, 6.45) is 2.40. The summed E-state index contributed by atoms with van der Waals surface area (Å²) in [5.74, 6) is 0.579. The fourth-order valence-electron chi connectivity index (χ4n) is 3.50. The third kappa shape index (κ3) is 1.89. The van der Waals surface area contributed by atoms with Gasteiger partial charge in [0, 0.05) is 18.0 Å². The highest BCUT2D eigenvalue weighted by Gasteiger charge is 2.35. The normalized spacial score (nSPS) is 28.7. The molecule has 20 heavy (non-hydrogen) atoms. The monoisotopic (exact) mass is 270 g/mol. The Morgan fingerprint density at radius 2 is 2.10 bits per heavy atom. The second-order valence-corrected chi connectivity index (χ2v) is 5.84. The Morgan fingerprint density at radius 1 is 1.30 bits per heavy atom. The summed E-state index contributed by atoms with van der Waals surface area (Å²) >= 11 is 0. The Balaban J connectivity index is 1.56. The third-order valence-electron chi connectivity index (χ3n) is 4.66. The molecular formula is C15H18N4O. The highest BCUT2D eigenvalue weighted by Crippen LogP contribution is 2.27. The van der Waals surface area contributed by atoms with Crippen LogP contribution in [0.1, 0.15) is 23.3 Å². The molecule has 3 fully saturated rings. The van der Waals surface area contributed by atoms with Crippen molar-refractivity contribution < 1.29 is 4.79 Å². The number of fused-ring (bicyclic) bond motifs is 4. The van der Waals surface area contributed by atoms with Gasteiger partial charge in [-0.05, 0) is 37.9 Å². The number of hydrogen-bond acceptors (Lipinski definition) is 3. The van der Waals surface area contributed by atoms with Crippen LogP contribution in [-0.4, -0.2) is 46.7 Å². The zero-order chi connectivity index (χ0) is 13.5. The average molecular weight is 270 g/mol. The Hall–Kier alpha value is -1.88. The van der Waals surface area contributed by atoms with Gasteiger partial charge >= 0.3 is 0 Å². The number of hydrogen-bond donors (Lipinski definition) is 2. The number of nitrogens with one attached hydrogen (secondary N) is 2. The first kappa shape index (κ1) is 11.9. The van der Waals surface area contributed by atoms with Crippen LogP contribution in [0.5, 0.6) is 0 Å². The number of carbonyl (C=O) groups excluding carboxylic acids is 1. The van der Waals surface area contributed by atoms with E-state index in [9.17, 15) is 4.79 Å². The van der Waals surface area contributed by atoms with Crippen molar-refractivity contribution in [3.63, 3.8) is 0 Å². The number of carbonyl (C=O) groups is 1. The van der Waals surface area contributed by atoms with E-state index in [-0.39, 0.29) is 11.9 Å². The van der Waals surface area contributed by atoms with Crippen LogP contribution < -0.4 is 5.32 Å². The summed E-state index contributed by atoms with van der Waals surface area (Å²) in [5.41, 5.74) is 1.42. The van der Waals surface area contributed by atoms with Gasteiger partial charge in [-0.2, -0.15) is 5.10 Å². The van der Waals surface area contributed by atoms with Crippen LogP contribution in [0.2, 0.25) is 0 Å². The Labute approximate surface area is 117 Å². The Kier molecular flexibility index (Phi) is 2.73. The lowest BCUT2D eigenvalue weighted by molar-refractivity contribution is 0.0618. The number of piperidine rings is 3. The zero-order valence-electron chi connectivity index (χ0n) is 11.3. The maximum absolute atomic E-state index is 12.5. The molecule has 1 atom stereocenters. The van der Waals surface area contributed by atoms with Gasteiger partial charge in [0.2, 0.25) is 0 Å². The minimum atomic E-state index is -0.0544. The molecule has 5 nitrogen and oxygen atoms in total. The van der Waals surface area contributed by atoms with Crippen molar-refractivity contribution in [2.45, 2.75) is 18.9 Å². The van der Waals surface area contributed by atoms with E-state index < -0.39 is 0 Å². The summed E-state index contributed by atoms with van der Waals surface area (Å²) < 4.78 is 0. The molecule has 4 heterocycles. The standard InChI is InChI=1S/C15H18N4O/c20-15(14-11-3-1-2-4-12(11)17-18-14)16-13-9-19-7-5-10(13)6-8-19/h1-4,10,13H,5-9H2,(H,16,20)(H,17,18)/t13-/m0/s1. The second kappa shape index (κ2) is 4.59. The molecule has 0 unspecified atom stereocenters. The molecule has 0 radical (unpaired) electrons. The van der Waals surface area contributed by atoms with Gasteiger partial charge in [0.05, 0.1) is 5.52 Å². The van der Waals surface area contributed by atoms with E-state index in [2.05, 4.69) is 20.4 Å². The summed E-state index contributed by atoms with van der Waals surface area (Å²) in [4.78, 5) is 14.9. The van der Waals surface area contributed by atoms with Gasteiger partial charge in [-0.1, -0.05) is 18.2 Å². The van der Waals surface area contributed by atoms with Crippen LogP contribution in [0.4, 0.5) is 0 Å². The van der Waals surface area contributed by atoms with Crippen LogP contribution in [0.15, 0.2) is 24.3 Å². The minimum Gasteiger partial charge on any atom is -0.346 e. The molecule has 0 spiro atoms. The van der Waals surface area contributed by atoms with Crippen molar-refractivity contribution in [3.8, 4) is 0 Å². The van der Waals surface area contributed by atoms with Crippen molar-refractivity contribution in [1.82, 2.24) is 20.4 Å². The number of nitrogens with zero attached hydrogens (tertiary/aromatic N) is 2. The van der Waals surface area contributed by atoms with Crippen molar-refractivity contribution >= 4 is 16.8 Å². The van der Waals surface area contributed by atoms with E-state index in [1.54, 1.807) is 0 Å². The zero-order valence-corrected chi connectivity index (χ0v) is 11.3. The largest absolute Gasteiger partial charge is 0.346 e. The molecule has 2 bridgehead atoms. The smallest absolute Gasteiger partial charge is 0.272 e. The first-order chi connectivity index (χ1) is 9.81. The molecule has 104 valence electrons. The predicted octanol–water partition coefficient (Wildman–Crippen LogP) is 1.39. The summed E-state index contributed by atoms with van der Waals surface area (Å²) in [7, 11) is 0. The van der Waals surface area contributed by atoms with Crippen LogP contribution in [0.25, 0.3) is 10.9 Å². The third-order valence-corrected chi connectivity index (χ3v) is 4.66. The molecule has 0 saturated carbocycles. The molecule has 1 amide bonds. The number of aromatic amines is 1. The summed E-state index contributed by atoms with van der Waals surface area (Å²) in [6.45, 7) is 3.35. The lowest BCUT2D eigenvalue weighted by Crippen LogP contribution is -2.57. The van der Waals surface area contributed by atoms with Crippen molar-refractivity contribution in [2.75, 3.05) is 19.6 Å². The Morgan fingerprint density at radius 3 is 2.85 bits per heavy atom. The first-order valence-corrected chi connectivity index (χ1v) is 7.27. The molecule has 1 aromatic heterocycles. The molecule has 3 aliphatic rings. The van der Waals surface area contributed by atoms with Gasteiger partial charge in [-0.25, -0.2) is 0 Å². The molecule has 5 heteroatoms. The van der Waals surface area contributed by atoms with Gasteiger partial charge in [0.1, 0.15) is 0 Å². The number of H-pyrrole nitrogens is 1. The van der Waals surface area contributed by atoms with Crippen molar-refractivity contribution in [2.24, 2.45) is 5.92 Å². The van der Waals surface area contributed by atoms with Gasteiger partial charge in [-0.15, -0.1) is 0 Å². The van der Waals surface area contributed by atoms with Crippen LogP contribution >= 0.6 is 0 Å². The van der Waals surface area contributed by atoms with Crippen molar-refractivity contribution in [1.29, 1.82) is 0 Å². The molecule has 2 N–H and O–H groups in total. The summed E-state index contributed by atoms with van der Waals surface area (Å²) in [5, 5.41) is 11.2. The SMILES string of the molecule is O=C(N[C@H]1CN2CCC1CC2)c1n[nH]c2ccccc12. The van der Waals surface area contributed by atoms with Crippen LogP contribution in [0, 0.1) is 5.92 Å². The quantitative estimate of drug-likeness (QED) is 0.867. The lowest BCUT2D eigenvalue weighted by atomic mass is 9.84. The number of rotatable bonds is 2. The van der Waals surface area contributed by atoms with Gasteiger partial charge < -0.3 is 10.2 Å². The molecule has 2 aromatic rings. The second-order valence-electron chi connectivity index (χ2n) is 5.84. The highest BCUT2D eigenvalue weighted by atomic mass is 16.2. The first-order valence-electron chi connectivity index (χ1n) is 7.27. The fraction of sp³-hybridized carbons (Fsp3) is 0.467. The minimum absolute atomic E-state index is 0.0544. The average Bonchev–Trinajstić information content (AvgIpc) is 2.92. The van der Waals surface area contributed by atoms with Crippen LogP contribution in [-0.2, 0) is 0 Å². The molecule has 5 rings (SSSR count). The fourth-order valence-corrected chi connectivity index (χ4v) is 3.50. The maximum Gasteiger partial charge on any atom is 0.272 e. The predicted molar refractivity (Wildman–Crippen MR) is 76.5 cm³/mol. The number of amides is 1. The lowest BCUT2D eigenvalue weighted by Gasteiger charge is -2.44. The number of para-hydroxylation sites is 1. The van der Waals surface area contributed by atoms with E-state index in [0.29, 0.717) is 11.6 Å². The van der Waals surface area contributed by atoms with Crippen molar-refractivity contribution in [3.05, 3.63) is 30.0 Å². The molecule has 1 aromatic carbocycles. The molecule has 3 aliphatic heterocycles. The molecular weight excluding hydrogens is 252 g/mol. The highest BCUT2D eigenvalue weighted by molar-refractivity contribution is 6.04. The molecule has 3 saturated heterocycles. The van der Waals surface area contributed by atoms with Gasteiger partial charge in [0.15, 0.2) is 5.69 Å². The Bertz CT molecular complexity index is 642.